The lowest BCUT2D eigenvalue weighted by Crippen LogP contribution is -2.40. The number of rotatable bonds is 5. The minimum Gasteiger partial charge on any atom is -0.336 e. The Balaban J connectivity index is 1.99. The van der Waals surface area contributed by atoms with Crippen LogP contribution < -0.4 is 21.3 Å². The van der Waals surface area contributed by atoms with Crippen LogP contribution in [0.3, 0.4) is 0 Å². The van der Waals surface area contributed by atoms with Gasteiger partial charge >= 0.3 is 6.03 Å². The number of hydrogen-bond acceptors (Lipinski definition) is 3. The van der Waals surface area contributed by atoms with Crippen LogP contribution in [0.1, 0.15) is 20.3 Å². The summed E-state index contributed by atoms with van der Waals surface area (Å²) in [6.45, 7) is 5.28. The van der Waals surface area contributed by atoms with Gasteiger partial charge in [-0.05, 0) is 30.2 Å². The SMILES string of the molecule is CCC(C)[C@H](N)C(=O)Nc1ccc(N2CCNC2=O)cc1. The Kier molecular flexibility index (Phi) is 4.80. The molecule has 1 fully saturated rings. The second-order valence-electron chi connectivity index (χ2n) is 5.33. The smallest absolute Gasteiger partial charge is 0.321 e. The van der Waals surface area contributed by atoms with E-state index in [2.05, 4.69) is 10.6 Å². The third-order valence-electron chi connectivity index (χ3n) is 3.86. The average molecular weight is 290 g/mol. The van der Waals surface area contributed by atoms with E-state index in [0.29, 0.717) is 18.8 Å². The maximum Gasteiger partial charge on any atom is 0.321 e. The number of urea groups is 1. The molecule has 4 N–H and O–H groups in total. The van der Waals surface area contributed by atoms with Crippen molar-refractivity contribution in [3.05, 3.63) is 24.3 Å². The van der Waals surface area contributed by atoms with Crippen LogP contribution in [0, 0.1) is 5.92 Å². The molecule has 3 amide bonds. The summed E-state index contributed by atoms with van der Waals surface area (Å²) < 4.78 is 0. The van der Waals surface area contributed by atoms with Crippen LogP contribution in [-0.4, -0.2) is 31.1 Å². The van der Waals surface area contributed by atoms with Crippen LogP contribution in [0.5, 0.6) is 0 Å². The summed E-state index contributed by atoms with van der Waals surface area (Å²) in [6.07, 6.45) is 0.859. The Morgan fingerprint density at radius 2 is 2.10 bits per heavy atom. The zero-order valence-corrected chi connectivity index (χ0v) is 12.4. The van der Waals surface area contributed by atoms with Gasteiger partial charge in [0.25, 0.3) is 0 Å². The lowest BCUT2D eigenvalue weighted by molar-refractivity contribution is -0.118. The zero-order valence-electron chi connectivity index (χ0n) is 12.4. The van der Waals surface area contributed by atoms with Crippen molar-refractivity contribution in [3.63, 3.8) is 0 Å². The summed E-state index contributed by atoms with van der Waals surface area (Å²) in [4.78, 5) is 25.2. The fraction of sp³-hybridized carbons (Fsp3) is 0.467. The largest absolute Gasteiger partial charge is 0.336 e. The van der Waals surface area contributed by atoms with Crippen molar-refractivity contribution in [1.29, 1.82) is 0 Å². The lowest BCUT2D eigenvalue weighted by atomic mass is 9.99. The minimum absolute atomic E-state index is 0.0921. The number of amides is 3. The van der Waals surface area contributed by atoms with Crippen LogP contribution in [0.4, 0.5) is 16.2 Å². The number of benzene rings is 1. The fourth-order valence-corrected chi connectivity index (χ4v) is 2.18. The molecule has 1 aromatic carbocycles. The van der Waals surface area contributed by atoms with E-state index in [4.69, 9.17) is 5.73 Å². The first kappa shape index (κ1) is 15.3. The topological polar surface area (TPSA) is 87.5 Å². The van der Waals surface area contributed by atoms with E-state index in [1.54, 1.807) is 17.0 Å². The van der Waals surface area contributed by atoms with Crippen molar-refractivity contribution >= 4 is 23.3 Å². The molecule has 21 heavy (non-hydrogen) atoms. The monoisotopic (exact) mass is 290 g/mol. The maximum atomic E-state index is 12.0. The maximum absolute atomic E-state index is 12.0. The normalized spacial score (nSPS) is 17.3. The van der Waals surface area contributed by atoms with E-state index in [0.717, 1.165) is 12.1 Å². The molecule has 114 valence electrons. The summed E-state index contributed by atoms with van der Waals surface area (Å²) in [5, 5.41) is 5.55. The summed E-state index contributed by atoms with van der Waals surface area (Å²) in [5.74, 6) is -0.0476. The van der Waals surface area contributed by atoms with Gasteiger partial charge in [0.15, 0.2) is 0 Å². The van der Waals surface area contributed by atoms with Gasteiger partial charge in [-0.1, -0.05) is 20.3 Å². The summed E-state index contributed by atoms with van der Waals surface area (Å²) in [7, 11) is 0. The Hall–Kier alpha value is -2.08. The molecule has 0 spiro atoms. The lowest BCUT2D eigenvalue weighted by Gasteiger charge is -2.18. The van der Waals surface area contributed by atoms with E-state index < -0.39 is 6.04 Å². The number of carbonyl (C=O) groups is 2. The molecule has 0 bridgehead atoms. The summed E-state index contributed by atoms with van der Waals surface area (Å²) in [6, 6.07) is 6.58. The molecule has 6 nitrogen and oxygen atoms in total. The number of hydrogen-bond donors (Lipinski definition) is 3. The molecule has 0 saturated carbocycles. The molecular weight excluding hydrogens is 268 g/mol. The van der Waals surface area contributed by atoms with E-state index in [1.807, 2.05) is 26.0 Å². The van der Waals surface area contributed by atoms with Crippen LogP contribution in [0.25, 0.3) is 0 Å². The highest BCUT2D eigenvalue weighted by atomic mass is 16.2. The predicted octanol–water partition coefficient (Wildman–Crippen LogP) is 1.53. The molecule has 0 aromatic heterocycles. The predicted molar refractivity (Wildman–Crippen MR) is 83.2 cm³/mol. The van der Waals surface area contributed by atoms with Crippen molar-refractivity contribution in [3.8, 4) is 0 Å². The van der Waals surface area contributed by atoms with Gasteiger partial charge in [-0.2, -0.15) is 0 Å². The number of nitrogens with one attached hydrogen (secondary N) is 2. The molecule has 6 heteroatoms. The Morgan fingerprint density at radius 3 is 2.62 bits per heavy atom. The Bertz CT molecular complexity index is 515. The van der Waals surface area contributed by atoms with Crippen molar-refractivity contribution in [1.82, 2.24) is 5.32 Å². The first-order valence-electron chi connectivity index (χ1n) is 7.24. The highest BCUT2D eigenvalue weighted by Crippen LogP contribution is 2.20. The number of nitrogens with two attached hydrogens (primary N) is 1. The van der Waals surface area contributed by atoms with Gasteiger partial charge in [-0.15, -0.1) is 0 Å². The van der Waals surface area contributed by atoms with E-state index in [9.17, 15) is 9.59 Å². The van der Waals surface area contributed by atoms with Crippen molar-refractivity contribution in [2.75, 3.05) is 23.3 Å². The molecule has 0 aliphatic carbocycles. The van der Waals surface area contributed by atoms with Gasteiger partial charge in [-0.3, -0.25) is 9.69 Å². The van der Waals surface area contributed by atoms with Crippen LogP contribution in [0.15, 0.2) is 24.3 Å². The Labute approximate surface area is 124 Å². The molecule has 2 atom stereocenters. The quantitative estimate of drug-likeness (QED) is 0.768. The van der Waals surface area contributed by atoms with Crippen molar-refractivity contribution < 1.29 is 9.59 Å². The fourth-order valence-electron chi connectivity index (χ4n) is 2.18. The van der Waals surface area contributed by atoms with Gasteiger partial charge in [0.2, 0.25) is 5.91 Å². The van der Waals surface area contributed by atoms with Gasteiger partial charge in [0.05, 0.1) is 6.04 Å². The third-order valence-corrected chi connectivity index (χ3v) is 3.86. The Morgan fingerprint density at radius 1 is 1.43 bits per heavy atom. The number of anilines is 2. The van der Waals surface area contributed by atoms with E-state index >= 15 is 0 Å². The molecular formula is C15H22N4O2. The van der Waals surface area contributed by atoms with E-state index in [-0.39, 0.29) is 17.9 Å². The molecule has 1 aliphatic rings. The molecule has 1 unspecified atom stereocenters. The van der Waals surface area contributed by atoms with Crippen LogP contribution in [-0.2, 0) is 4.79 Å². The molecule has 0 radical (unpaired) electrons. The third kappa shape index (κ3) is 3.52. The first-order chi connectivity index (χ1) is 10.0. The van der Waals surface area contributed by atoms with Crippen LogP contribution in [0.2, 0.25) is 0 Å². The summed E-state index contributed by atoms with van der Waals surface area (Å²) >= 11 is 0. The standard InChI is InChI=1S/C15H22N4O2/c1-3-10(2)13(16)14(20)18-11-4-6-12(7-5-11)19-9-8-17-15(19)21/h4-7,10,13H,3,8-9,16H2,1-2H3,(H,17,21)(H,18,20)/t10?,13-/m0/s1. The molecule has 1 aromatic rings. The first-order valence-corrected chi connectivity index (χ1v) is 7.24. The van der Waals surface area contributed by atoms with Crippen molar-refractivity contribution in [2.24, 2.45) is 11.7 Å². The second kappa shape index (κ2) is 6.58. The highest BCUT2D eigenvalue weighted by molar-refractivity contribution is 5.96. The van der Waals surface area contributed by atoms with Gasteiger partial charge < -0.3 is 16.4 Å². The van der Waals surface area contributed by atoms with Gasteiger partial charge in [-0.25, -0.2) is 4.79 Å². The average Bonchev–Trinajstić information content (AvgIpc) is 2.92. The van der Waals surface area contributed by atoms with Gasteiger partial charge in [0.1, 0.15) is 0 Å². The van der Waals surface area contributed by atoms with Crippen LogP contribution >= 0.6 is 0 Å². The van der Waals surface area contributed by atoms with E-state index in [1.165, 1.54) is 0 Å². The molecule has 1 heterocycles. The zero-order chi connectivity index (χ0) is 15.4. The molecule has 2 rings (SSSR count). The number of carbonyl (C=O) groups excluding carboxylic acids is 2. The van der Waals surface area contributed by atoms with Crippen molar-refractivity contribution in [2.45, 2.75) is 26.3 Å². The molecule has 1 saturated heterocycles. The molecule has 1 aliphatic heterocycles. The minimum atomic E-state index is -0.515. The second-order valence-corrected chi connectivity index (χ2v) is 5.33. The summed E-state index contributed by atoms with van der Waals surface area (Å²) in [5.41, 5.74) is 7.39. The number of nitrogens with zero attached hydrogens (tertiary/aromatic N) is 1. The highest BCUT2D eigenvalue weighted by Gasteiger charge is 2.22. The van der Waals surface area contributed by atoms with Gasteiger partial charge in [0, 0.05) is 24.5 Å².